The second-order valence-corrected chi connectivity index (χ2v) is 4.31. The van der Waals surface area contributed by atoms with Crippen molar-refractivity contribution in [2.45, 2.75) is 13.6 Å². The zero-order valence-corrected chi connectivity index (χ0v) is 11.2. The molecule has 2 rings (SSSR count). The standard InChI is InChI=1S/C14H12F3N5.CH4/c15-14(16,17)9-4-3-5-10(8-9)20-12-7-2-1-6-11(12)13(21-18)22-19;/h1-8,18,20H,19H2;1H4/b21-18?,22-13-;. The summed E-state index contributed by atoms with van der Waals surface area (Å²) in [7, 11) is 0. The lowest BCUT2D eigenvalue weighted by atomic mass is 10.1. The van der Waals surface area contributed by atoms with Gasteiger partial charge >= 0.3 is 6.18 Å². The summed E-state index contributed by atoms with van der Waals surface area (Å²) in [5.74, 6) is 5.12. The Morgan fingerprint density at radius 2 is 1.78 bits per heavy atom. The molecule has 122 valence electrons. The molecule has 0 aliphatic heterocycles. The minimum Gasteiger partial charge on any atom is -0.355 e. The van der Waals surface area contributed by atoms with E-state index in [0.717, 1.165) is 12.1 Å². The van der Waals surface area contributed by atoms with Crippen LogP contribution in [0.1, 0.15) is 18.6 Å². The molecule has 2 aromatic rings. The van der Waals surface area contributed by atoms with Gasteiger partial charge in [-0.3, -0.25) is 0 Å². The first-order valence-electron chi connectivity index (χ1n) is 6.14. The fourth-order valence-electron chi connectivity index (χ4n) is 1.87. The van der Waals surface area contributed by atoms with Crippen LogP contribution in [-0.4, -0.2) is 5.84 Å². The fraction of sp³-hybridized carbons (Fsp3) is 0.133. The SMILES string of the molecule is C.N=N/C(=N\N)c1ccccc1Nc1cccc(C(F)(F)F)c1. The lowest BCUT2D eigenvalue weighted by Crippen LogP contribution is -2.07. The van der Waals surface area contributed by atoms with Crippen LogP contribution >= 0.6 is 0 Å². The number of hydrogen-bond acceptors (Lipinski definition) is 4. The van der Waals surface area contributed by atoms with Crippen molar-refractivity contribution in [3.8, 4) is 0 Å². The van der Waals surface area contributed by atoms with Crippen molar-refractivity contribution in [2.24, 2.45) is 16.1 Å². The third-order valence-electron chi connectivity index (χ3n) is 2.87. The number of nitrogens with zero attached hydrogens (tertiary/aromatic N) is 2. The third-order valence-corrected chi connectivity index (χ3v) is 2.87. The van der Waals surface area contributed by atoms with E-state index < -0.39 is 11.7 Å². The van der Waals surface area contributed by atoms with Crippen molar-refractivity contribution in [1.29, 1.82) is 5.53 Å². The van der Waals surface area contributed by atoms with Gasteiger partial charge in [0.05, 0.1) is 5.56 Å². The summed E-state index contributed by atoms with van der Waals surface area (Å²) >= 11 is 0. The van der Waals surface area contributed by atoms with Gasteiger partial charge in [0, 0.05) is 16.9 Å². The van der Waals surface area contributed by atoms with Crippen LogP contribution in [0.5, 0.6) is 0 Å². The van der Waals surface area contributed by atoms with E-state index in [1.165, 1.54) is 12.1 Å². The minimum atomic E-state index is -4.42. The van der Waals surface area contributed by atoms with Crippen LogP contribution in [0.2, 0.25) is 0 Å². The molecular formula is C15H16F3N5. The number of benzene rings is 2. The molecule has 23 heavy (non-hydrogen) atoms. The van der Waals surface area contributed by atoms with E-state index in [1.54, 1.807) is 24.3 Å². The van der Waals surface area contributed by atoms with Crippen molar-refractivity contribution in [2.75, 3.05) is 5.32 Å². The van der Waals surface area contributed by atoms with E-state index in [9.17, 15) is 13.2 Å². The number of rotatable bonds is 3. The normalized spacial score (nSPS) is 11.5. The summed E-state index contributed by atoms with van der Waals surface area (Å²) in [6.07, 6.45) is -4.42. The number of alkyl halides is 3. The monoisotopic (exact) mass is 323 g/mol. The summed E-state index contributed by atoms with van der Waals surface area (Å²) < 4.78 is 38.2. The van der Waals surface area contributed by atoms with Crippen LogP contribution in [0, 0.1) is 5.53 Å². The Balaban J connectivity index is 0.00000264. The highest BCUT2D eigenvalue weighted by molar-refractivity contribution is 6.04. The van der Waals surface area contributed by atoms with Gasteiger partial charge in [-0.15, -0.1) is 5.11 Å². The fourth-order valence-corrected chi connectivity index (χ4v) is 1.87. The second-order valence-electron chi connectivity index (χ2n) is 4.31. The second kappa shape index (κ2) is 7.39. The molecule has 0 fully saturated rings. The number of nitrogens with one attached hydrogen (secondary N) is 2. The summed E-state index contributed by atoms with van der Waals surface area (Å²) in [5, 5.41) is 9.42. The lowest BCUT2D eigenvalue weighted by molar-refractivity contribution is -0.137. The summed E-state index contributed by atoms with van der Waals surface area (Å²) in [6, 6.07) is 11.4. The molecule has 8 heteroatoms. The maximum Gasteiger partial charge on any atom is 0.416 e. The molecular weight excluding hydrogens is 307 g/mol. The molecule has 0 atom stereocenters. The number of anilines is 2. The topological polar surface area (TPSA) is 86.6 Å². The van der Waals surface area contributed by atoms with Crippen LogP contribution in [0.4, 0.5) is 24.5 Å². The van der Waals surface area contributed by atoms with Gasteiger partial charge in [-0.25, -0.2) is 5.53 Å². The van der Waals surface area contributed by atoms with Crippen molar-refractivity contribution in [3.63, 3.8) is 0 Å². The maximum absolute atomic E-state index is 12.7. The first-order chi connectivity index (χ1) is 10.5. The average molecular weight is 323 g/mol. The minimum absolute atomic E-state index is 0. The van der Waals surface area contributed by atoms with Gasteiger partial charge in [-0.1, -0.05) is 25.6 Å². The highest BCUT2D eigenvalue weighted by Gasteiger charge is 2.30. The zero-order chi connectivity index (χ0) is 16.2. The molecule has 0 aromatic heterocycles. The maximum atomic E-state index is 12.7. The molecule has 2 aromatic carbocycles. The predicted octanol–water partition coefficient (Wildman–Crippen LogP) is 4.74. The molecule has 0 unspecified atom stereocenters. The summed E-state index contributed by atoms with van der Waals surface area (Å²) in [6.45, 7) is 0. The van der Waals surface area contributed by atoms with Crippen LogP contribution in [-0.2, 0) is 6.18 Å². The van der Waals surface area contributed by atoms with Crippen molar-refractivity contribution in [3.05, 3.63) is 59.7 Å². The van der Waals surface area contributed by atoms with Gasteiger partial charge in [0.25, 0.3) is 0 Å². The van der Waals surface area contributed by atoms with Gasteiger partial charge in [0.15, 0.2) is 0 Å². The molecule has 5 nitrogen and oxygen atoms in total. The first kappa shape index (κ1) is 18.1. The highest BCUT2D eigenvalue weighted by atomic mass is 19.4. The van der Waals surface area contributed by atoms with Crippen LogP contribution in [0.25, 0.3) is 0 Å². The molecule has 0 radical (unpaired) electrons. The molecule has 0 amide bonds. The molecule has 4 N–H and O–H groups in total. The number of hydrogen-bond donors (Lipinski definition) is 3. The molecule has 0 bridgehead atoms. The van der Waals surface area contributed by atoms with Gasteiger partial charge in [-0.05, 0) is 30.3 Å². The van der Waals surface area contributed by atoms with Crippen molar-refractivity contribution < 1.29 is 13.2 Å². The quantitative estimate of drug-likeness (QED) is 0.250. The zero-order valence-electron chi connectivity index (χ0n) is 11.2. The number of hydrazone groups is 1. The third kappa shape index (κ3) is 4.29. The molecule has 0 saturated carbocycles. The van der Waals surface area contributed by atoms with Gasteiger partial charge in [0.1, 0.15) is 0 Å². The van der Waals surface area contributed by atoms with E-state index in [2.05, 4.69) is 15.5 Å². The first-order valence-corrected chi connectivity index (χ1v) is 6.14. The van der Waals surface area contributed by atoms with Crippen molar-refractivity contribution >= 4 is 17.2 Å². The predicted molar refractivity (Wildman–Crippen MR) is 83.8 cm³/mol. The molecule has 0 spiro atoms. The molecule has 0 aliphatic carbocycles. The van der Waals surface area contributed by atoms with Crippen molar-refractivity contribution in [1.82, 2.24) is 0 Å². The van der Waals surface area contributed by atoms with Gasteiger partial charge in [0.2, 0.25) is 5.84 Å². The average Bonchev–Trinajstić information content (AvgIpc) is 2.49. The smallest absolute Gasteiger partial charge is 0.355 e. The van der Waals surface area contributed by atoms with Crippen LogP contribution in [0.15, 0.2) is 58.7 Å². The Kier molecular flexibility index (Phi) is 5.83. The van der Waals surface area contributed by atoms with E-state index in [0.29, 0.717) is 11.3 Å². The lowest BCUT2D eigenvalue weighted by Gasteiger charge is -2.13. The molecule has 0 heterocycles. The number of halogens is 3. The summed E-state index contributed by atoms with van der Waals surface area (Å²) in [4.78, 5) is 0. The van der Waals surface area contributed by atoms with Gasteiger partial charge in [-0.2, -0.15) is 18.3 Å². The van der Waals surface area contributed by atoms with Crippen LogP contribution < -0.4 is 11.2 Å². The Morgan fingerprint density at radius 1 is 1.09 bits per heavy atom. The van der Waals surface area contributed by atoms with E-state index in [4.69, 9.17) is 11.4 Å². The largest absolute Gasteiger partial charge is 0.416 e. The number of nitrogens with two attached hydrogens (primary N) is 1. The number of para-hydroxylation sites is 1. The highest BCUT2D eigenvalue weighted by Crippen LogP contribution is 2.31. The number of amidine groups is 1. The Morgan fingerprint density at radius 3 is 2.39 bits per heavy atom. The van der Waals surface area contributed by atoms with Crippen LogP contribution in [0.3, 0.4) is 0 Å². The van der Waals surface area contributed by atoms with E-state index in [1.807, 2.05) is 0 Å². The molecule has 0 aliphatic rings. The Labute approximate surface area is 131 Å². The van der Waals surface area contributed by atoms with Gasteiger partial charge < -0.3 is 11.2 Å². The van der Waals surface area contributed by atoms with E-state index in [-0.39, 0.29) is 18.9 Å². The Hall–Kier alpha value is -2.90. The van der Waals surface area contributed by atoms with E-state index >= 15 is 0 Å². The Bertz CT molecular complexity index is 710. The summed E-state index contributed by atoms with van der Waals surface area (Å²) in [5.41, 5.74) is 7.38. The molecule has 0 saturated heterocycles.